The Bertz CT molecular complexity index is 1460. The Hall–Kier alpha value is -1.68. The Morgan fingerprint density at radius 2 is 1.64 bits per heavy atom. The predicted octanol–water partition coefficient (Wildman–Crippen LogP) is 7.12. The molecule has 4 rings (SSSR count). The molecular formula is C31H52N3O8PSi2. The largest absolute Gasteiger partial charge is 0.475 e. The monoisotopic (exact) mass is 681 g/mol. The minimum absolute atomic E-state index is 0.109. The van der Waals surface area contributed by atoms with Crippen LogP contribution in [-0.2, 0) is 31.7 Å². The summed E-state index contributed by atoms with van der Waals surface area (Å²) >= 11 is 0. The first-order valence-corrected chi connectivity index (χ1v) is 22.9. The van der Waals surface area contributed by atoms with Crippen LogP contribution in [0.15, 0.2) is 41.3 Å². The number of nitrogens with zero attached hydrogens (tertiary/aromatic N) is 2. The van der Waals surface area contributed by atoms with E-state index in [9.17, 15) is 9.36 Å². The summed E-state index contributed by atoms with van der Waals surface area (Å²) in [4.78, 5) is 17.1. The van der Waals surface area contributed by atoms with Crippen LogP contribution >= 0.6 is 7.82 Å². The smallest absolute Gasteiger partial charge is 0.408 e. The SMILES string of the molecule is Cc1cccc([C@@H]2CCO[P@](=O)(OC[C@H]3O[C@@H](n4ccc(N)nc4=O)[C@@H](O[Si](C)(C)C(C)(C)C)[C@@H]3O[Si](C)(C)C(C)(C)C)O2)c1. The number of ether oxygens (including phenoxy) is 1. The summed E-state index contributed by atoms with van der Waals surface area (Å²) in [6.45, 7) is 23.6. The van der Waals surface area contributed by atoms with Gasteiger partial charge >= 0.3 is 13.5 Å². The van der Waals surface area contributed by atoms with Gasteiger partial charge < -0.3 is 19.3 Å². The lowest BCUT2D eigenvalue weighted by atomic mass is 10.0. The molecule has 2 aromatic rings. The van der Waals surface area contributed by atoms with Crippen LogP contribution < -0.4 is 11.4 Å². The molecule has 1 aromatic carbocycles. The van der Waals surface area contributed by atoms with Crippen LogP contribution in [0.3, 0.4) is 0 Å². The summed E-state index contributed by atoms with van der Waals surface area (Å²) in [7, 11) is -8.83. The number of anilines is 1. The Balaban J connectivity index is 1.70. The molecule has 2 fully saturated rings. The zero-order chi connectivity index (χ0) is 33.6. The van der Waals surface area contributed by atoms with Crippen LogP contribution in [0, 0.1) is 6.92 Å². The van der Waals surface area contributed by atoms with E-state index in [0.717, 1.165) is 11.1 Å². The maximum absolute atomic E-state index is 13.8. The lowest BCUT2D eigenvalue weighted by molar-refractivity contribution is -0.0592. The van der Waals surface area contributed by atoms with Crippen molar-refractivity contribution < 1.29 is 31.7 Å². The number of phosphoric ester groups is 1. The van der Waals surface area contributed by atoms with Crippen molar-refractivity contribution in [1.82, 2.24) is 9.55 Å². The van der Waals surface area contributed by atoms with Gasteiger partial charge in [0.15, 0.2) is 22.9 Å². The number of aryl methyl sites for hydroxylation is 1. The van der Waals surface area contributed by atoms with Crippen LogP contribution in [-0.4, -0.2) is 57.7 Å². The highest BCUT2D eigenvalue weighted by Gasteiger charge is 2.55. The van der Waals surface area contributed by atoms with E-state index in [0.29, 0.717) is 6.42 Å². The van der Waals surface area contributed by atoms with Gasteiger partial charge in [0.25, 0.3) is 0 Å². The van der Waals surface area contributed by atoms with E-state index in [1.54, 1.807) is 12.3 Å². The molecule has 0 unspecified atom stereocenters. The maximum atomic E-state index is 13.8. The van der Waals surface area contributed by atoms with Crippen LogP contribution in [0.1, 0.15) is 71.4 Å². The number of benzene rings is 1. The molecule has 45 heavy (non-hydrogen) atoms. The topological polar surface area (TPSA) is 133 Å². The fourth-order valence-electron chi connectivity index (χ4n) is 4.83. The van der Waals surface area contributed by atoms with Crippen molar-refractivity contribution >= 4 is 30.3 Å². The lowest BCUT2D eigenvalue weighted by Gasteiger charge is -2.44. The minimum Gasteiger partial charge on any atom is -0.408 e. The Morgan fingerprint density at radius 3 is 2.22 bits per heavy atom. The molecule has 2 aliphatic heterocycles. The summed E-state index contributed by atoms with van der Waals surface area (Å²) in [5.74, 6) is 0.109. The van der Waals surface area contributed by atoms with Gasteiger partial charge in [0, 0.05) is 12.6 Å². The number of nitrogen functional groups attached to an aromatic ring is 1. The van der Waals surface area contributed by atoms with Crippen molar-refractivity contribution in [2.75, 3.05) is 18.9 Å². The molecule has 6 atom stereocenters. The molecule has 0 saturated carbocycles. The summed E-state index contributed by atoms with van der Waals surface area (Å²) in [5, 5.41) is -0.280. The third-order valence-electron chi connectivity index (χ3n) is 9.58. The third kappa shape index (κ3) is 8.25. The van der Waals surface area contributed by atoms with Crippen molar-refractivity contribution in [3.63, 3.8) is 0 Å². The van der Waals surface area contributed by atoms with Crippen LogP contribution in [0.4, 0.5) is 5.82 Å². The molecule has 14 heteroatoms. The average Bonchev–Trinajstić information content (AvgIpc) is 3.21. The van der Waals surface area contributed by atoms with E-state index in [1.165, 1.54) is 4.57 Å². The molecule has 3 heterocycles. The van der Waals surface area contributed by atoms with E-state index in [4.69, 9.17) is 32.9 Å². The number of rotatable bonds is 9. The first-order valence-electron chi connectivity index (χ1n) is 15.6. The molecule has 2 saturated heterocycles. The van der Waals surface area contributed by atoms with Crippen molar-refractivity contribution in [3.8, 4) is 0 Å². The lowest BCUT2D eigenvalue weighted by Crippen LogP contribution is -2.54. The van der Waals surface area contributed by atoms with Crippen LogP contribution in [0.5, 0.6) is 0 Å². The first kappa shape index (κ1) is 36.2. The predicted molar refractivity (Wildman–Crippen MR) is 180 cm³/mol. The second-order valence-corrected chi connectivity index (χ2v) is 26.3. The second kappa shape index (κ2) is 13.1. The van der Waals surface area contributed by atoms with E-state index < -0.39 is 60.8 Å². The second-order valence-electron chi connectivity index (χ2n) is 15.2. The number of nitrogens with two attached hydrogens (primary N) is 1. The number of hydrogen-bond acceptors (Lipinski definition) is 10. The zero-order valence-electron chi connectivity index (χ0n) is 28.7. The molecule has 0 aliphatic carbocycles. The minimum atomic E-state index is -3.96. The fraction of sp³-hybridized carbons (Fsp3) is 0.677. The summed E-state index contributed by atoms with van der Waals surface area (Å²) in [6.07, 6.45) is -1.32. The summed E-state index contributed by atoms with van der Waals surface area (Å²) in [6, 6.07) is 9.45. The number of hydrogen-bond donors (Lipinski definition) is 1. The first-order chi connectivity index (χ1) is 20.6. The van der Waals surface area contributed by atoms with E-state index in [1.807, 2.05) is 31.2 Å². The standard InChI is InChI=1S/C31H52N3O8PSi2/c1-21-13-12-14-22(19-21)23-16-18-37-43(36,40-23)38-20-24-26(41-44(8,9)30(2,3)4)27(42-45(10,11)31(5,6)7)28(39-24)34-17-15-25(32)33-29(34)35/h12-15,17,19,23-24,26-28H,16,18,20H2,1-11H3,(H2,32,33,35)/t23-,24+,26+,27-,28+,43+/m0/s1. The molecule has 0 bridgehead atoms. The van der Waals surface area contributed by atoms with E-state index >= 15 is 0 Å². The quantitative estimate of drug-likeness (QED) is 0.216. The molecular weight excluding hydrogens is 630 g/mol. The van der Waals surface area contributed by atoms with Gasteiger partial charge in [-0.15, -0.1) is 0 Å². The van der Waals surface area contributed by atoms with Crippen LogP contribution in [0.25, 0.3) is 0 Å². The van der Waals surface area contributed by atoms with Gasteiger partial charge in [-0.3, -0.25) is 18.1 Å². The summed E-state index contributed by atoms with van der Waals surface area (Å²) in [5.41, 5.74) is 7.25. The highest BCUT2D eigenvalue weighted by Crippen LogP contribution is 2.57. The average molecular weight is 682 g/mol. The molecule has 2 N–H and O–H groups in total. The van der Waals surface area contributed by atoms with E-state index in [2.05, 4.69) is 72.7 Å². The van der Waals surface area contributed by atoms with Crippen molar-refractivity contribution in [2.24, 2.45) is 0 Å². The molecule has 2 aliphatic rings. The number of aromatic nitrogens is 2. The van der Waals surface area contributed by atoms with Gasteiger partial charge in [-0.05, 0) is 54.8 Å². The fourth-order valence-corrected chi connectivity index (χ4v) is 8.83. The Kier molecular flexibility index (Phi) is 10.5. The Morgan fingerprint density at radius 1 is 1.02 bits per heavy atom. The molecule has 11 nitrogen and oxygen atoms in total. The van der Waals surface area contributed by atoms with Gasteiger partial charge in [0.2, 0.25) is 0 Å². The molecule has 0 amide bonds. The van der Waals surface area contributed by atoms with Crippen molar-refractivity contribution in [1.29, 1.82) is 0 Å². The van der Waals surface area contributed by atoms with E-state index in [-0.39, 0.29) is 29.1 Å². The molecule has 252 valence electrons. The normalized spacial score (nSPS) is 28.4. The zero-order valence-corrected chi connectivity index (χ0v) is 31.6. The third-order valence-corrected chi connectivity index (χ3v) is 20.0. The van der Waals surface area contributed by atoms with Crippen molar-refractivity contribution in [2.45, 2.75) is 122 Å². The van der Waals surface area contributed by atoms with Crippen molar-refractivity contribution in [3.05, 3.63) is 58.1 Å². The van der Waals surface area contributed by atoms with Gasteiger partial charge in [-0.25, -0.2) is 9.36 Å². The van der Waals surface area contributed by atoms with Gasteiger partial charge in [-0.2, -0.15) is 4.98 Å². The Labute approximate surface area is 270 Å². The van der Waals surface area contributed by atoms with Gasteiger partial charge in [-0.1, -0.05) is 71.4 Å². The molecule has 1 aromatic heterocycles. The number of phosphoric acid groups is 1. The maximum Gasteiger partial charge on any atom is 0.475 e. The summed E-state index contributed by atoms with van der Waals surface area (Å²) < 4.78 is 53.5. The highest BCUT2D eigenvalue weighted by molar-refractivity contribution is 7.48. The molecule has 0 radical (unpaired) electrons. The van der Waals surface area contributed by atoms with Crippen LogP contribution in [0.2, 0.25) is 36.3 Å². The molecule has 0 spiro atoms. The highest BCUT2D eigenvalue weighted by atomic mass is 31.2. The van der Waals surface area contributed by atoms with Gasteiger partial charge in [0.1, 0.15) is 24.1 Å². The van der Waals surface area contributed by atoms with Gasteiger partial charge in [0.05, 0.1) is 19.3 Å².